The highest BCUT2D eigenvalue weighted by atomic mass is 19.1. The van der Waals surface area contributed by atoms with E-state index in [0.717, 1.165) is 0 Å². The molecule has 1 amide bonds. The van der Waals surface area contributed by atoms with E-state index in [1.54, 1.807) is 6.92 Å². The van der Waals surface area contributed by atoms with Crippen molar-refractivity contribution in [3.8, 4) is 0 Å². The first-order valence-corrected chi connectivity index (χ1v) is 3.80. The maximum atomic E-state index is 12.6. The SMILES string of the molecule is Cc1cc(F)ccc1NC(=O)CO. The Hall–Kier alpha value is -1.42. The lowest BCUT2D eigenvalue weighted by atomic mass is 10.2. The molecule has 1 aromatic rings. The van der Waals surface area contributed by atoms with E-state index in [1.807, 2.05) is 0 Å². The van der Waals surface area contributed by atoms with Crippen molar-refractivity contribution in [1.82, 2.24) is 0 Å². The Balaban J connectivity index is 2.83. The molecule has 1 aromatic carbocycles. The number of carbonyl (C=O) groups is 1. The molecule has 0 unspecified atom stereocenters. The number of anilines is 1. The summed E-state index contributed by atoms with van der Waals surface area (Å²) < 4.78 is 12.6. The number of hydrogen-bond acceptors (Lipinski definition) is 2. The quantitative estimate of drug-likeness (QED) is 0.720. The number of rotatable bonds is 2. The van der Waals surface area contributed by atoms with Crippen molar-refractivity contribution in [2.45, 2.75) is 6.92 Å². The van der Waals surface area contributed by atoms with Crippen LogP contribution >= 0.6 is 0 Å². The molecule has 2 N–H and O–H groups in total. The summed E-state index contributed by atoms with van der Waals surface area (Å²) >= 11 is 0. The summed E-state index contributed by atoms with van der Waals surface area (Å²) in [4.78, 5) is 10.8. The van der Waals surface area contributed by atoms with Gasteiger partial charge in [-0.25, -0.2) is 4.39 Å². The summed E-state index contributed by atoms with van der Waals surface area (Å²) in [5.41, 5.74) is 1.14. The summed E-state index contributed by atoms with van der Waals surface area (Å²) in [6.07, 6.45) is 0. The van der Waals surface area contributed by atoms with E-state index in [4.69, 9.17) is 5.11 Å². The Morgan fingerprint density at radius 3 is 2.85 bits per heavy atom. The Bertz CT molecular complexity index is 325. The second-order valence-corrected chi connectivity index (χ2v) is 2.67. The van der Waals surface area contributed by atoms with Crippen LogP contribution in [0.3, 0.4) is 0 Å². The molecule has 0 saturated heterocycles. The second-order valence-electron chi connectivity index (χ2n) is 2.67. The van der Waals surface area contributed by atoms with Gasteiger partial charge >= 0.3 is 0 Å². The molecule has 0 saturated carbocycles. The highest BCUT2D eigenvalue weighted by Crippen LogP contribution is 2.15. The highest BCUT2D eigenvalue weighted by Gasteiger charge is 2.03. The summed E-state index contributed by atoms with van der Waals surface area (Å²) in [6.45, 7) is 1.10. The fraction of sp³-hybridized carbons (Fsp3) is 0.222. The van der Waals surface area contributed by atoms with E-state index in [0.29, 0.717) is 11.3 Å². The molecule has 70 valence electrons. The molecule has 3 nitrogen and oxygen atoms in total. The van der Waals surface area contributed by atoms with Gasteiger partial charge < -0.3 is 10.4 Å². The van der Waals surface area contributed by atoms with Crippen molar-refractivity contribution >= 4 is 11.6 Å². The lowest BCUT2D eigenvalue weighted by Gasteiger charge is -2.06. The van der Waals surface area contributed by atoms with Crippen LogP contribution in [0.15, 0.2) is 18.2 Å². The highest BCUT2D eigenvalue weighted by molar-refractivity contribution is 5.92. The van der Waals surface area contributed by atoms with Crippen molar-refractivity contribution < 1.29 is 14.3 Å². The minimum absolute atomic E-state index is 0.348. The first-order chi connectivity index (χ1) is 6.13. The predicted octanol–water partition coefficient (Wildman–Crippen LogP) is 1.06. The monoisotopic (exact) mass is 183 g/mol. The molecule has 0 heterocycles. The van der Waals surface area contributed by atoms with Gasteiger partial charge in [-0.15, -0.1) is 0 Å². The van der Waals surface area contributed by atoms with Gasteiger partial charge in [0.05, 0.1) is 0 Å². The zero-order valence-corrected chi connectivity index (χ0v) is 7.17. The van der Waals surface area contributed by atoms with Gasteiger partial charge in [-0.05, 0) is 30.7 Å². The average Bonchev–Trinajstić information content (AvgIpc) is 2.09. The fourth-order valence-corrected chi connectivity index (χ4v) is 0.957. The maximum absolute atomic E-state index is 12.6. The molecule has 0 bridgehead atoms. The Kier molecular flexibility index (Phi) is 2.97. The summed E-state index contributed by atoms with van der Waals surface area (Å²) in [5, 5.41) is 10.9. The third-order valence-electron chi connectivity index (χ3n) is 1.61. The first-order valence-electron chi connectivity index (χ1n) is 3.80. The van der Waals surface area contributed by atoms with Crippen molar-refractivity contribution in [1.29, 1.82) is 0 Å². The third kappa shape index (κ3) is 2.52. The number of amides is 1. The molecule has 0 aliphatic rings. The number of carbonyl (C=O) groups excluding carboxylic acids is 1. The van der Waals surface area contributed by atoms with Crippen LogP contribution in [0.1, 0.15) is 5.56 Å². The van der Waals surface area contributed by atoms with Crippen molar-refractivity contribution in [2.75, 3.05) is 11.9 Å². The third-order valence-corrected chi connectivity index (χ3v) is 1.61. The van der Waals surface area contributed by atoms with Crippen LogP contribution in [0.5, 0.6) is 0 Å². The second kappa shape index (κ2) is 4.00. The van der Waals surface area contributed by atoms with E-state index < -0.39 is 12.5 Å². The van der Waals surface area contributed by atoms with Crippen molar-refractivity contribution in [3.05, 3.63) is 29.6 Å². The summed E-state index contributed by atoms with van der Waals surface area (Å²) in [7, 11) is 0. The fourth-order valence-electron chi connectivity index (χ4n) is 0.957. The van der Waals surface area contributed by atoms with E-state index in [1.165, 1.54) is 18.2 Å². The number of nitrogens with one attached hydrogen (secondary N) is 1. The van der Waals surface area contributed by atoms with Crippen LogP contribution in [-0.4, -0.2) is 17.6 Å². The van der Waals surface area contributed by atoms with Gasteiger partial charge in [0.25, 0.3) is 0 Å². The molecule has 0 aliphatic heterocycles. The normalized spacial score (nSPS) is 9.77. The number of benzene rings is 1. The van der Waals surface area contributed by atoms with Crippen LogP contribution in [0.25, 0.3) is 0 Å². The van der Waals surface area contributed by atoms with Crippen LogP contribution < -0.4 is 5.32 Å². The predicted molar refractivity (Wildman–Crippen MR) is 46.9 cm³/mol. The largest absolute Gasteiger partial charge is 0.387 e. The average molecular weight is 183 g/mol. The van der Waals surface area contributed by atoms with E-state index in [2.05, 4.69) is 5.32 Å². The number of aryl methyl sites for hydroxylation is 1. The van der Waals surface area contributed by atoms with E-state index in [9.17, 15) is 9.18 Å². The maximum Gasteiger partial charge on any atom is 0.250 e. The summed E-state index contributed by atoms with van der Waals surface area (Å²) in [6, 6.07) is 4.02. The topological polar surface area (TPSA) is 49.3 Å². The Morgan fingerprint density at radius 1 is 1.62 bits per heavy atom. The molecular weight excluding hydrogens is 173 g/mol. The van der Waals surface area contributed by atoms with Crippen LogP contribution in [-0.2, 0) is 4.79 Å². The molecule has 0 radical (unpaired) electrons. The number of halogens is 1. The van der Waals surface area contributed by atoms with E-state index >= 15 is 0 Å². The van der Waals surface area contributed by atoms with Crippen LogP contribution in [0.4, 0.5) is 10.1 Å². The lowest BCUT2D eigenvalue weighted by Crippen LogP contribution is -2.16. The van der Waals surface area contributed by atoms with Crippen molar-refractivity contribution in [2.24, 2.45) is 0 Å². The van der Waals surface area contributed by atoms with Gasteiger partial charge in [-0.3, -0.25) is 4.79 Å². The molecular formula is C9H10FNO2. The Morgan fingerprint density at radius 2 is 2.31 bits per heavy atom. The molecule has 0 aliphatic carbocycles. The lowest BCUT2D eigenvalue weighted by molar-refractivity contribution is -0.118. The number of hydrogen-bond donors (Lipinski definition) is 2. The van der Waals surface area contributed by atoms with E-state index in [-0.39, 0.29) is 5.82 Å². The zero-order valence-electron chi connectivity index (χ0n) is 7.17. The van der Waals surface area contributed by atoms with Gasteiger partial charge in [0.15, 0.2) is 0 Å². The smallest absolute Gasteiger partial charge is 0.250 e. The van der Waals surface area contributed by atoms with Gasteiger partial charge in [-0.1, -0.05) is 0 Å². The molecule has 13 heavy (non-hydrogen) atoms. The van der Waals surface area contributed by atoms with Crippen LogP contribution in [0.2, 0.25) is 0 Å². The number of aliphatic hydroxyl groups excluding tert-OH is 1. The minimum atomic E-state index is -0.573. The summed E-state index contributed by atoms with van der Waals surface area (Å²) in [5.74, 6) is -0.853. The standard InChI is InChI=1S/C9H10FNO2/c1-6-4-7(10)2-3-8(6)11-9(13)5-12/h2-4,12H,5H2,1H3,(H,11,13). The van der Waals surface area contributed by atoms with Crippen LogP contribution in [0, 0.1) is 12.7 Å². The van der Waals surface area contributed by atoms with Gasteiger partial charge in [0.2, 0.25) is 5.91 Å². The molecule has 1 rings (SSSR count). The number of aliphatic hydroxyl groups is 1. The van der Waals surface area contributed by atoms with Gasteiger partial charge in [-0.2, -0.15) is 0 Å². The minimum Gasteiger partial charge on any atom is -0.387 e. The first kappa shape index (κ1) is 9.67. The Labute approximate surface area is 75.2 Å². The molecule has 4 heteroatoms. The molecule has 0 atom stereocenters. The zero-order chi connectivity index (χ0) is 9.84. The van der Waals surface area contributed by atoms with Crippen molar-refractivity contribution in [3.63, 3.8) is 0 Å². The molecule has 0 aromatic heterocycles. The van der Waals surface area contributed by atoms with Gasteiger partial charge in [0.1, 0.15) is 12.4 Å². The van der Waals surface area contributed by atoms with Gasteiger partial charge in [0, 0.05) is 5.69 Å². The molecule has 0 fully saturated rings. The molecule has 0 spiro atoms.